The third-order valence-electron chi connectivity index (χ3n) is 5.15. The molecule has 0 unspecified atom stereocenters. The zero-order valence-electron chi connectivity index (χ0n) is 20.4. The van der Waals surface area contributed by atoms with Gasteiger partial charge in [-0.1, -0.05) is 35.9 Å². The van der Waals surface area contributed by atoms with E-state index in [-0.39, 0.29) is 5.75 Å². The molecule has 1 N–H and O–H groups in total. The van der Waals surface area contributed by atoms with Crippen LogP contribution in [0.4, 0.5) is 26.3 Å². The number of hydrogen-bond donors (Lipinski definition) is 1. The molecule has 1 aromatic carbocycles. The minimum absolute atomic E-state index is 0.187. The molecule has 1 aliphatic rings. The largest absolute Gasteiger partial charge is 0.472 e. The molecule has 198 valence electrons. The van der Waals surface area contributed by atoms with Crippen LogP contribution < -0.4 is 10.1 Å². The summed E-state index contributed by atoms with van der Waals surface area (Å²) in [6, 6.07) is 3.94. The number of benzene rings is 1. The van der Waals surface area contributed by atoms with Crippen LogP contribution in [0, 0.1) is 0 Å². The van der Waals surface area contributed by atoms with E-state index in [1.54, 1.807) is 13.0 Å². The molecule has 1 saturated carbocycles. The number of nitrogens with one attached hydrogen (secondary N) is 1. The molecule has 0 bridgehead atoms. The maximum absolute atomic E-state index is 13.6. The van der Waals surface area contributed by atoms with E-state index in [2.05, 4.69) is 10.4 Å². The summed E-state index contributed by atoms with van der Waals surface area (Å²) in [5.74, 6) is -1.03. The number of rotatable bonds is 10. The molecule has 36 heavy (non-hydrogen) atoms. The van der Waals surface area contributed by atoms with Crippen LogP contribution in [-0.2, 0) is 11.0 Å². The summed E-state index contributed by atoms with van der Waals surface area (Å²) in [4.78, 5) is 12.6. The first-order chi connectivity index (χ1) is 16.7. The Balaban J connectivity index is 2.10. The molecule has 0 radical (unpaired) electrons. The molecule has 1 aliphatic carbocycles. The Labute approximate surface area is 206 Å². The smallest absolute Gasteiger partial charge is 0.431 e. The summed E-state index contributed by atoms with van der Waals surface area (Å²) in [7, 11) is 1.16. The quantitative estimate of drug-likeness (QED) is 0.129. The maximum atomic E-state index is 13.6. The fraction of sp³-hybridized carbons (Fsp3) is 0.440. The fourth-order valence-electron chi connectivity index (χ4n) is 3.24. The molecule has 0 atom stereocenters. The van der Waals surface area contributed by atoms with Gasteiger partial charge in [0, 0.05) is 7.05 Å². The van der Waals surface area contributed by atoms with Gasteiger partial charge in [0.25, 0.3) is 0 Å². The fourth-order valence-corrected chi connectivity index (χ4v) is 3.24. The monoisotopic (exact) mass is 517 g/mol. The third kappa shape index (κ3) is 8.76. The van der Waals surface area contributed by atoms with Crippen molar-refractivity contribution in [2.45, 2.75) is 57.9 Å². The third-order valence-corrected chi connectivity index (χ3v) is 5.15. The van der Waals surface area contributed by atoms with Crippen LogP contribution >= 0.6 is 0 Å². The zero-order valence-corrected chi connectivity index (χ0v) is 20.4. The van der Waals surface area contributed by atoms with Crippen LogP contribution in [0.2, 0.25) is 0 Å². The van der Waals surface area contributed by atoms with E-state index in [0.29, 0.717) is 12.8 Å². The average molecular weight is 518 g/mol. The second-order valence-electron chi connectivity index (χ2n) is 8.67. The van der Waals surface area contributed by atoms with Crippen molar-refractivity contribution < 1.29 is 35.9 Å². The molecule has 1 amide bonds. The first kappa shape index (κ1) is 29.0. The van der Waals surface area contributed by atoms with Gasteiger partial charge in [-0.15, -0.1) is 0 Å². The lowest BCUT2D eigenvalue weighted by Gasteiger charge is -2.21. The molecule has 0 aliphatic heterocycles. The van der Waals surface area contributed by atoms with Crippen LogP contribution in [0.15, 0.2) is 64.8 Å². The Morgan fingerprint density at radius 2 is 1.83 bits per heavy atom. The SMILES string of the molecule is C/C=C\C(=C/C=C(C)C)C1(NC(=O)C/C(=N\N(C)COc2cccc(C(F)(F)F)c2)C(F)(F)F)CC1. The van der Waals surface area contributed by atoms with Crippen molar-refractivity contribution in [1.82, 2.24) is 10.3 Å². The second kappa shape index (κ2) is 11.7. The van der Waals surface area contributed by atoms with Gasteiger partial charge in [0.2, 0.25) is 5.91 Å². The van der Waals surface area contributed by atoms with Gasteiger partial charge in [-0.3, -0.25) is 9.80 Å². The predicted octanol–water partition coefficient (Wildman–Crippen LogP) is 6.40. The molecule has 0 saturated heterocycles. The Morgan fingerprint density at radius 1 is 1.17 bits per heavy atom. The number of hydrogen-bond acceptors (Lipinski definition) is 4. The van der Waals surface area contributed by atoms with Gasteiger partial charge in [-0.05, 0) is 57.4 Å². The van der Waals surface area contributed by atoms with Crippen molar-refractivity contribution in [3.8, 4) is 5.75 Å². The van der Waals surface area contributed by atoms with Crippen molar-refractivity contribution in [3.63, 3.8) is 0 Å². The molecular formula is C25H29F6N3O2. The van der Waals surface area contributed by atoms with Gasteiger partial charge in [0.15, 0.2) is 12.4 Å². The number of halogens is 6. The van der Waals surface area contributed by atoms with Crippen molar-refractivity contribution in [2.24, 2.45) is 5.10 Å². The highest BCUT2D eigenvalue weighted by atomic mass is 19.4. The summed E-state index contributed by atoms with van der Waals surface area (Å²) in [6.45, 7) is 5.05. The van der Waals surface area contributed by atoms with Gasteiger partial charge in [0.1, 0.15) is 5.75 Å². The summed E-state index contributed by atoms with van der Waals surface area (Å²) in [6.07, 6.45) is -2.03. The summed E-state index contributed by atoms with van der Waals surface area (Å²) in [5, 5.41) is 6.92. The van der Waals surface area contributed by atoms with Crippen LogP contribution in [0.3, 0.4) is 0 Å². The second-order valence-corrected chi connectivity index (χ2v) is 8.67. The van der Waals surface area contributed by atoms with Crippen LogP contribution in [0.25, 0.3) is 0 Å². The maximum Gasteiger partial charge on any atom is 0.431 e. The normalized spacial score (nSPS) is 16.1. The summed E-state index contributed by atoms with van der Waals surface area (Å²) < 4.78 is 84.4. The van der Waals surface area contributed by atoms with Crippen LogP contribution in [-0.4, -0.2) is 42.1 Å². The number of alkyl halides is 6. The summed E-state index contributed by atoms with van der Waals surface area (Å²) in [5.41, 5.74) is -1.22. The standard InChI is InChI=1S/C25H29F6N3O2/c1-5-7-18(11-10-17(2)3)23(12-13-23)32-22(35)15-21(25(29,30)31)33-34(4)16-36-20-9-6-8-19(14-20)24(26,27)28/h5-11,14H,12-13,15-16H2,1-4H3,(H,32,35)/b7-5-,18-11+,33-21+. The first-order valence-electron chi connectivity index (χ1n) is 11.1. The van der Waals surface area contributed by atoms with Gasteiger partial charge >= 0.3 is 12.4 Å². The molecule has 2 rings (SSSR count). The molecule has 1 aromatic rings. The lowest BCUT2D eigenvalue weighted by molar-refractivity contribution is -0.137. The Hall–Kier alpha value is -3.24. The summed E-state index contributed by atoms with van der Waals surface area (Å²) >= 11 is 0. The average Bonchev–Trinajstić information content (AvgIpc) is 3.53. The lowest BCUT2D eigenvalue weighted by atomic mass is 10.0. The first-order valence-corrected chi connectivity index (χ1v) is 11.1. The molecule has 0 aromatic heterocycles. The van der Waals surface area contributed by atoms with E-state index < -0.39 is 48.2 Å². The molecule has 5 nitrogen and oxygen atoms in total. The highest BCUT2D eigenvalue weighted by Crippen LogP contribution is 2.43. The van der Waals surface area contributed by atoms with Crippen molar-refractivity contribution in [1.29, 1.82) is 0 Å². The minimum Gasteiger partial charge on any atom is -0.472 e. The number of amides is 1. The van der Waals surface area contributed by atoms with E-state index in [9.17, 15) is 31.1 Å². The van der Waals surface area contributed by atoms with E-state index in [0.717, 1.165) is 41.4 Å². The van der Waals surface area contributed by atoms with E-state index in [4.69, 9.17) is 4.74 Å². The van der Waals surface area contributed by atoms with Crippen molar-refractivity contribution >= 4 is 11.6 Å². The van der Waals surface area contributed by atoms with Crippen LogP contribution in [0.1, 0.15) is 45.6 Å². The van der Waals surface area contributed by atoms with Gasteiger partial charge in [0.05, 0.1) is 17.5 Å². The van der Waals surface area contributed by atoms with Crippen LogP contribution in [0.5, 0.6) is 5.75 Å². The highest BCUT2D eigenvalue weighted by Gasteiger charge is 2.47. The lowest BCUT2D eigenvalue weighted by Crippen LogP contribution is -2.41. The Kier molecular flexibility index (Phi) is 9.39. The van der Waals surface area contributed by atoms with Gasteiger partial charge in [-0.25, -0.2) is 0 Å². The number of hydrazone groups is 1. The van der Waals surface area contributed by atoms with Crippen molar-refractivity contribution in [3.05, 3.63) is 65.3 Å². The highest BCUT2D eigenvalue weighted by molar-refractivity contribution is 6.04. The number of carbonyl (C=O) groups excluding carboxylic acids is 1. The Bertz CT molecular complexity index is 1050. The van der Waals surface area contributed by atoms with Crippen molar-refractivity contribution in [2.75, 3.05) is 13.8 Å². The van der Waals surface area contributed by atoms with Gasteiger partial charge < -0.3 is 10.1 Å². The van der Waals surface area contributed by atoms with E-state index in [1.807, 2.05) is 32.1 Å². The molecule has 0 spiro atoms. The number of nitrogens with zero attached hydrogens (tertiary/aromatic N) is 2. The number of allylic oxidation sites excluding steroid dienone is 4. The topological polar surface area (TPSA) is 53.9 Å². The van der Waals surface area contributed by atoms with E-state index >= 15 is 0 Å². The Morgan fingerprint density at radius 3 is 2.36 bits per heavy atom. The molecule has 0 heterocycles. The van der Waals surface area contributed by atoms with Gasteiger partial charge in [-0.2, -0.15) is 31.4 Å². The minimum atomic E-state index is -4.90. The van der Waals surface area contributed by atoms with E-state index in [1.165, 1.54) is 6.07 Å². The zero-order chi connectivity index (χ0) is 27.1. The molecule has 11 heteroatoms. The predicted molar refractivity (Wildman–Crippen MR) is 125 cm³/mol. The molecular weight excluding hydrogens is 488 g/mol. The number of carbonyl (C=O) groups is 1. The number of ether oxygens (including phenoxy) is 1. The molecule has 1 fully saturated rings.